The van der Waals surface area contributed by atoms with Crippen LogP contribution in [-0.2, 0) is 17.1 Å². The van der Waals surface area contributed by atoms with Gasteiger partial charge in [-0.15, -0.1) is 34.7 Å². The first-order chi connectivity index (χ1) is 10.7. The molecule has 0 saturated heterocycles. The molecule has 0 aromatic heterocycles. The van der Waals surface area contributed by atoms with E-state index in [1.165, 1.54) is 0 Å². The molecule has 2 nitrogen and oxygen atoms in total. The van der Waals surface area contributed by atoms with Gasteiger partial charge < -0.3 is 10.2 Å². The van der Waals surface area contributed by atoms with Crippen LogP contribution in [0.3, 0.4) is 0 Å². The fraction of sp³-hybridized carbons (Fsp3) is 0.333. The standard InChI is InChI=1S/2C9H11ClO.Fe/c2*10-7-3-6-9(11)8-4-1-2-5-8;/h2*1-2,4-5,11H,3,6-7H2;/q;;+2/p-2. The van der Waals surface area contributed by atoms with Gasteiger partial charge in [0.05, 0.1) is 0 Å². The first-order valence-electron chi connectivity index (χ1n) is 7.30. The zero-order valence-corrected chi connectivity index (χ0v) is 15.4. The molecule has 5 heteroatoms. The molecule has 0 heterocycles. The van der Waals surface area contributed by atoms with Crippen molar-refractivity contribution in [2.75, 3.05) is 11.8 Å². The van der Waals surface area contributed by atoms with E-state index in [0.717, 1.165) is 24.0 Å². The van der Waals surface area contributed by atoms with Gasteiger partial charge in [0.1, 0.15) is 0 Å². The minimum Gasteiger partial charge on any atom is -0.875 e. The summed E-state index contributed by atoms with van der Waals surface area (Å²) in [5.74, 6) is 1.50. The Morgan fingerprint density at radius 3 is 1.26 bits per heavy atom. The Morgan fingerprint density at radius 1 is 0.696 bits per heavy atom. The van der Waals surface area contributed by atoms with Gasteiger partial charge in [0.25, 0.3) is 0 Å². The van der Waals surface area contributed by atoms with E-state index in [1.807, 2.05) is 48.6 Å². The van der Waals surface area contributed by atoms with Gasteiger partial charge in [0.2, 0.25) is 0 Å². The van der Waals surface area contributed by atoms with Gasteiger partial charge in [-0.25, -0.2) is 0 Å². The third-order valence-electron chi connectivity index (χ3n) is 3.04. The molecule has 0 N–H and O–H groups in total. The number of hydrogen-bond donors (Lipinski definition) is 0. The fourth-order valence-corrected chi connectivity index (χ4v) is 2.13. The normalized spacial score (nSPS) is 13.8. The summed E-state index contributed by atoms with van der Waals surface area (Å²) in [4.78, 5) is 0. The summed E-state index contributed by atoms with van der Waals surface area (Å²) < 4.78 is 0. The third-order valence-corrected chi connectivity index (χ3v) is 3.58. The predicted octanol–water partition coefficient (Wildman–Crippen LogP) is 3.49. The van der Waals surface area contributed by atoms with Crippen molar-refractivity contribution >= 4 is 23.2 Å². The first-order valence-corrected chi connectivity index (χ1v) is 8.37. The zero-order chi connectivity index (χ0) is 16.2. The van der Waals surface area contributed by atoms with Gasteiger partial charge >= 0.3 is 17.1 Å². The molecular weight excluding hydrogens is 375 g/mol. The molecule has 2 rings (SSSR count). The van der Waals surface area contributed by atoms with Gasteiger partial charge in [-0.05, 0) is 36.8 Å². The van der Waals surface area contributed by atoms with Gasteiger partial charge in [-0.2, -0.15) is 0 Å². The minimum absolute atomic E-state index is 0. The second kappa shape index (κ2) is 13.6. The van der Waals surface area contributed by atoms with E-state index < -0.39 is 0 Å². The van der Waals surface area contributed by atoms with Crippen LogP contribution in [0.15, 0.2) is 71.3 Å². The Morgan fingerprint density at radius 2 is 1.00 bits per heavy atom. The van der Waals surface area contributed by atoms with E-state index in [4.69, 9.17) is 23.2 Å². The van der Waals surface area contributed by atoms with Crippen molar-refractivity contribution in [2.24, 2.45) is 0 Å². The summed E-state index contributed by atoms with van der Waals surface area (Å²) >= 11 is 10.9. The molecule has 126 valence electrons. The summed E-state index contributed by atoms with van der Waals surface area (Å²) in [6.45, 7) is 0. The number of alkyl halides is 2. The van der Waals surface area contributed by atoms with E-state index in [1.54, 1.807) is 0 Å². The van der Waals surface area contributed by atoms with Crippen LogP contribution in [0.5, 0.6) is 0 Å². The Labute approximate surface area is 159 Å². The second-order valence-electron chi connectivity index (χ2n) is 4.78. The average molecular weight is 395 g/mol. The quantitative estimate of drug-likeness (QED) is 0.393. The van der Waals surface area contributed by atoms with Crippen LogP contribution in [0, 0.1) is 0 Å². The SMILES string of the molecule is [Fe+2].[O-]C(CCCCl)=C1C=CC=C1.[O-]C(CCCCl)=C1C=CC=C1. The van der Waals surface area contributed by atoms with Crippen molar-refractivity contribution in [3.8, 4) is 0 Å². The molecule has 0 radical (unpaired) electrons. The smallest absolute Gasteiger partial charge is 0.875 e. The van der Waals surface area contributed by atoms with E-state index in [0.29, 0.717) is 24.6 Å². The Bertz CT molecular complexity index is 453. The van der Waals surface area contributed by atoms with Crippen LogP contribution in [0.1, 0.15) is 25.7 Å². The Hall–Kier alpha value is -0.861. The van der Waals surface area contributed by atoms with Crippen molar-refractivity contribution in [3.63, 3.8) is 0 Å². The molecule has 0 fully saturated rings. The van der Waals surface area contributed by atoms with E-state index >= 15 is 0 Å². The van der Waals surface area contributed by atoms with Crippen LogP contribution >= 0.6 is 23.2 Å². The van der Waals surface area contributed by atoms with Crippen molar-refractivity contribution < 1.29 is 27.3 Å². The van der Waals surface area contributed by atoms with E-state index in [2.05, 4.69) is 0 Å². The molecule has 2 aliphatic carbocycles. The van der Waals surface area contributed by atoms with Gasteiger partial charge in [0.15, 0.2) is 0 Å². The minimum atomic E-state index is 0. The largest absolute Gasteiger partial charge is 2.00 e. The van der Waals surface area contributed by atoms with Gasteiger partial charge in [-0.3, -0.25) is 0 Å². The number of allylic oxidation sites excluding steroid dienone is 12. The van der Waals surface area contributed by atoms with Crippen LogP contribution in [0.25, 0.3) is 0 Å². The van der Waals surface area contributed by atoms with Crippen molar-refractivity contribution in [3.05, 3.63) is 71.3 Å². The van der Waals surface area contributed by atoms with E-state index in [-0.39, 0.29) is 28.6 Å². The Kier molecular flexibility index (Phi) is 13.1. The monoisotopic (exact) mass is 394 g/mol. The fourth-order valence-electron chi connectivity index (χ4n) is 1.86. The molecule has 0 aromatic carbocycles. The predicted molar refractivity (Wildman–Crippen MR) is 90.5 cm³/mol. The number of halogens is 2. The second-order valence-corrected chi connectivity index (χ2v) is 5.53. The molecule has 0 aromatic rings. The molecule has 2 aliphatic rings. The van der Waals surface area contributed by atoms with Crippen LogP contribution in [0.4, 0.5) is 0 Å². The first kappa shape index (κ1) is 22.1. The Balaban J connectivity index is 0.000000403. The molecule has 0 amide bonds. The van der Waals surface area contributed by atoms with Crippen LogP contribution < -0.4 is 10.2 Å². The third kappa shape index (κ3) is 9.12. The average Bonchev–Trinajstić information content (AvgIpc) is 3.23. The molecule has 0 aliphatic heterocycles. The molecule has 23 heavy (non-hydrogen) atoms. The molecule has 0 saturated carbocycles. The maximum absolute atomic E-state index is 11.2. The topological polar surface area (TPSA) is 46.1 Å². The molecule has 0 bridgehead atoms. The van der Waals surface area contributed by atoms with Crippen molar-refractivity contribution in [2.45, 2.75) is 25.7 Å². The molecule has 0 spiro atoms. The van der Waals surface area contributed by atoms with Gasteiger partial charge in [-0.1, -0.05) is 48.6 Å². The molecule has 0 atom stereocenters. The van der Waals surface area contributed by atoms with Crippen LogP contribution in [-0.4, -0.2) is 11.8 Å². The number of rotatable bonds is 6. The van der Waals surface area contributed by atoms with Crippen molar-refractivity contribution in [1.29, 1.82) is 0 Å². The van der Waals surface area contributed by atoms with E-state index in [9.17, 15) is 10.2 Å². The zero-order valence-electron chi connectivity index (χ0n) is 12.8. The maximum atomic E-state index is 11.2. The maximum Gasteiger partial charge on any atom is 2.00 e. The van der Waals surface area contributed by atoms with Crippen LogP contribution in [0.2, 0.25) is 0 Å². The summed E-state index contributed by atoms with van der Waals surface area (Å²) in [5, 5.41) is 22.4. The van der Waals surface area contributed by atoms with Gasteiger partial charge in [0, 0.05) is 11.8 Å². The summed E-state index contributed by atoms with van der Waals surface area (Å²) in [6.07, 6.45) is 17.5. The van der Waals surface area contributed by atoms with Crippen molar-refractivity contribution in [1.82, 2.24) is 0 Å². The number of hydrogen-bond acceptors (Lipinski definition) is 2. The molecule has 0 unspecified atom stereocenters. The summed E-state index contributed by atoms with van der Waals surface area (Å²) in [5.41, 5.74) is 1.60. The summed E-state index contributed by atoms with van der Waals surface area (Å²) in [6, 6.07) is 0. The summed E-state index contributed by atoms with van der Waals surface area (Å²) in [7, 11) is 0. The molecular formula is C18H20Cl2FeO2.